The van der Waals surface area contributed by atoms with Crippen LogP contribution in [0.25, 0.3) is 0 Å². The maximum absolute atomic E-state index is 13.4. The number of hydrogen-bond donors (Lipinski definition) is 3. The molecule has 0 spiro atoms. The zero-order chi connectivity index (χ0) is 23.4. The Morgan fingerprint density at radius 3 is 2.55 bits per heavy atom. The van der Waals surface area contributed by atoms with Crippen molar-refractivity contribution in [3.63, 3.8) is 0 Å². The number of methoxy groups -OCH3 is 1. The Bertz CT molecular complexity index is 1230. The highest BCUT2D eigenvalue weighted by Crippen LogP contribution is 2.33. The van der Waals surface area contributed by atoms with Crippen molar-refractivity contribution < 1.29 is 14.3 Å². The van der Waals surface area contributed by atoms with E-state index in [4.69, 9.17) is 33.3 Å². The molecule has 1 heterocycles. The maximum Gasteiger partial charge on any atom is 0.255 e. The van der Waals surface area contributed by atoms with E-state index in [2.05, 4.69) is 16.0 Å². The fourth-order valence-electron chi connectivity index (χ4n) is 3.59. The molecule has 0 aliphatic carbocycles. The molecule has 168 valence electrons. The van der Waals surface area contributed by atoms with Gasteiger partial charge < -0.3 is 25.4 Å². The van der Waals surface area contributed by atoms with Gasteiger partial charge in [-0.1, -0.05) is 41.9 Å². The number of benzene rings is 3. The van der Waals surface area contributed by atoms with Crippen LogP contribution in [0.2, 0.25) is 5.02 Å². The van der Waals surface area contributed by atoms with E-state index in [0.29, 0.717) is 38.6 Å². The SMILES string of the molecule is COc1cc(Cl)ccc1NC(=O)C1=C(C)NC(=S)NC1c1cccc(Oc2ccccc2)c1. The second kappa shape index (κ2) is 9.94. The Balaban J connectivity index is 1.65. The zero-order valence-corrected chi connectivity index (χ0v) is 19.6. The van der Waals surface area contributed by atoms with Gasteiger partial charge in [0.05, 0.1) is 24.4 Å². The van der Waals surface area contributed by atoms with Gasteiger partial charge in [-0.2, -0.15) is 0 Å². The number of thiocarbonyl (C=S) groups is 1. The Hall–Kier alpha value is -3.55. The van der Waals surface area contributed by atoms with Crippen LogP contribution in [0.15, 0.2) is 84.1 Å². The standard InChI is InChI=1S/C25H22ClN3O3S/c1-15-22(24(30)28-20-12-11-17(26)14-21(20)31-2)23(29-25(33)27-15)16-7-6-10-19(13-16)32-18-8-4-3-5-9-18/h3-14,23H,1-2H3,(H,28,30)(H2,27,29,33). The summed E-state index contributed by atoms with van der Waals surface area (Å²) in [7, 11) is 1.52. The molecule has 3 aromatic rings. The summed E-state index contributed by atoms with van der Waals surface area (Å²) < 4.78 is 11.3. The monoisotopic (exact) mass is 479 g/mol. The highest BCUT2D eigenvalue weighted by molar-refractivity contribution is 7.80. The second-order valence-corrected chi connectivity index (χ2v) is 8.20. The predicted molar refractivity (Wildman–Crippen MR) is 134 cm³/mol. The number of amides is 1. The van der Waals surface area contributed by atoms with E-state index in [9.17, 15) is 4.79 Å². The Morgan fingerprint density at radius 2 is 1.79 bits per heavy atom. The predicted octanol–water partition coefficient (Wildman–Crippen LogP) is 5.57. The van der Waals surface area contributed by atoms with Crippen molar-refractivity contribution >= 4 is 40.5 Å². The summed E-state index contributed by atoms with van der Waals surface area (Å²) in [5.41, 5.74) is 2.50. The van der Waals surface area contributed by atoms with Crippen LogP contribution in [0.5, 0.6) is 17.2 Å². The number of allylic oxidation sites excluding steroid dienone is 1. The van der Waals surface area contributed by atoms with Crippen molar-refractivity contribution in [2.45, 2.75) is 13.0 Å². The van der Waals surface area contributed by atoms with Gasteiger partial charge >= 0.3 is 0 Å². The summed E-state index contributed by atoms with van der Waals surface area (Å²) in [4.78, 5) is 13.4. The minimum absolute atomic E-state index is 0.296. The minimum Gasteiger partial charge on any atom is -0.495 e. The molecule has 0 radical (unpaired) electrons. The van der Waals surface area contributed by atoms with Gasteiger partial charge in [-0.15, -0.1) is 0 Å². The van der Waals surface area contributed by atoms with Gasteiger partial charge in [0.1, 0.15) is 17.2 Å². The van der Waals surface area contributed by atoms with Crippen LogP contribution in [0.1, 0.15) is 18.5 Å². The molecule has 0 bridgehead atoms. The lowest BCUT2D eigenvalue weighted by Gasteiger charge is -2.30. The number of carbonyl (C=O) groups is 1. The number of carbonyl (C=O) groups excluding carboxylic acids is 1. The van der Waals surface area contributed by atoms with Crippen LogP contribution in [0.3, 0.4) is 0 Å². The number of rotatable bonds is 6. The molecule has 4 rings (SSSR count). The molecule has 0 saturated heterocycles. The van der Waals surface area contributed by atoms with Crippen LogP contribution in [-0.4, -0.2) is 18.1 Å². The smallest absolute Gasteiger partial charge is 0.255 e. The van der Waals surface area contributed by atoms with Crippen LogP contribution in [-0.2, 0) is 4.79 Å². The first kappa shape index (κ1) is 22.6. The number of nitrogens with one attached hydrogen (secondary N) is 3. The third-order valence-electron chi connectivity index (χ3n) is 5.10. The molecule has 3 aromatic carbocycles. The van der Waals surface area contributed by atoms with Gasteiger partial charge in [-0.05, 0) is 61.1 Å². The fraction of sp³-hybridized carbons (Fsp3) is 0.120. The van der Waals surface area contributed by atoms with Crippen LogP contribution in [0.4, 0.5) is 5.69 Å². The molecular weight excluding hydrogens is 458 g/mol. The van der Waals surface area contributed by atoms with E-state index in [1.54, 1.807) is 18.2 Å². The van der Waals surface area contributed by atoms with E-state index in [-0.39, 0.29) is 5.91 Å². The van der Waals surface area contributed by atoms with Crippen LogP contribution in [0, 0.1) is 0 Å². The highest BCUT2D eigenvalue weighted by atomic mass is 35.5. The number of anilines is 1. The van der Waals surface area contributed by atoms with Gasteiger partial charge in [0.2, 0.25) is 0 Å². The largest absolute Gasteiger partial charge is 0.495 e. The molecule has 1 atom stereocenters. The lowest BCUT2D eigenvalue weighted by Crippen LogP contribution is -2.45. The van der Waals surface area contributed by atoms with Crippen molar-refractivity contribution in [3.05, 3.63) is 94.7 Å². The quantitative estimate of drug-likeness (QED) is 0.401. The van der Waals surface area contributed by atoms with Crippen molar-refractivity contribution in [3.8, 4) is 17.2 Å². The normalized spacial score (nSPS) is 15.4. The molecule has 1 aliphatic heterocycles. The van der Waals surface area contributed by atoms with E-state index in [1.807, 2.05) is 61.5 Å². The molecule has 1 aliphatic rings. The van der Waals surface area contributed by atoms with Gasteiger partial charge in [0, 0.05) is 16.8 Å². The number of hydrogen-bond acceptors (Lipinski definition) is 4. The number of para-hydroxylation sites is 1. The molecule has 0 fully saturated rings. The summed E-state index contributed by atoms with van der Waals surface area (Å²) in [6, 6.07) is 21.6. The minimum atomic E-state index is -0.476. The van der Waals surface area contributed by atoms with Crippen LogP contribution >= 0.6 is 23.8 Å². The fourth-order valence-corrected chi connectivity index (χ4v) is 4.02. The number of ether oxygens (including phenoxy) is 2. The first-order valence-corrected chi connectivity index (χ1v) is 11.0. The second-order valence-electron chi connectivity index (χ2n) is 7.36. The maximum atomic E-state index is 13.4. The molecule has 0 saturated carbocycles. The van der Waals surface area contributed by atoms with Gasteiger partial charge in [-0.25, -0.2) is 0 Å². The molecule has 1 amide bonds. The molecular formula is C25H22ClN3O3S. The molecule has 3 N–H and O–H groups in total. The first-order chi connectivity index (χ1) is 15.9. The molecule has 8 heteroatoms. The van der Waals surface area contributed by atoms with E-state index < -0.39 is 6.04 Å². The first-order valence-electron chi connectivity index (χ1n) is 10.2. The Kier molecular flexibility index (Phi) is 6.82. The highest BCUT2D eigenvalue weighted by Gasteiger charge is 2.30. The topological polar surface area (TPSA) is 71.6 Å². The lowest BCUT2D eigenvalue weighted by molar-refractivity contribution is -0.113. The average Bonchev–Trinajstić information content (AvgIpc) is 2.80. The molecule has 6 nitrogen and oxygen atoms in total. The van der Waals surface area contributed by atoms with Crippen molar-refractivity contribution in [2.24, 2.45) is 0 Å². The van der Waals surface area contributed by atoms with Gasteiger partial charge in [0.15, 0.2) is 5.11 Å². The Labute approximate surface area is 202 Å². The summed E-state index contributed by atoms with van der Waals surface area (Å²) >= 11 is 11.4. The van der Waals surface area contributed by atoms with Crippen molar-refractivity contribution in [2.75, 3.05) is 12.4 Å². The van der Waals surface area contributed by atoms with E-state index in [1.165, 1.54) is 7.11 Å². The Morgan fingerprint density at radius 1 is 1.03 bits per heavy atom. The summed E-state index contributed by atoms with van der Waals surface area (Å²) in [5.74, 6) is 1.55. The van der Waals surface area contributed by atoms with Crippen molar-refractivity contribution in [1.29, 1.82) is 0 Å². The average molecular weight is 480 g/mol. The zero-order valence-electron chi connectivity index (χ0n) is 18.0. The van der Waals surface area contributed by atoms with Crippen molar-refractivity contribution in [1.82, 2.24) is 10.6 Å². The lowest BCUT2D eigenvalue weighted by atomic mass is 9.94. The molecule has 0 aromatic heterocycles. The molecule has 33 heavy (non-hydrogen) atoms. The van der Waals surface area contributed by atoms with Gasteiger partial charge in [0.25, 0.3) is 5.91 Å². The van der Waals surface area contributed by atoms with Crippen LogP contribution < -0.4 is 25.4 Å². The van der Waals surface area contributed by atoms with Gasteiger partial charge in [-0.3, -0.25) is 4.79 Å². The third kappa shape index (κ3) is 5.27. The van der Waals surface area contributed by atoms with E-state index in [0.717, 1.165) is 11.3 Å². The summed E-state index contributed by atoms with van der Waals surface area (Å²) in [6.45, 7) is 1.82. The summed E-state index contributed by atoms with van der Waals surface area (Å²) in [6.07, 6.45) is 0. The number of halogens is 1. The molecule has 1 unspecified atom stereocenters. The summed E-state index contributed by atoms with van der Waals surface area (Å²) in [5, 5.41) is 10.1. The van der Waals surface area contributed by atoms with E-state index >= 15 is 0 Å². The third-order valence-corrected chi connectivity index (χ3v) is 5.55.